The smallest absolute Gasteiger partial charge is 0.253 e. The second-order valence-corrected chi connectivity index (χ2v) is 10.5. The second-order valence-electron chi connectivity index (χ2n) is 8.50. The summed E-state index contributed by atoms with van der Waals surface area (Å²) < 4.78 is 25.6. The molecule has 1 N–H and O–H groups in total. The first-order chi connectivity index (χ1) is 15.9. The molecule has 2 aromatic carbocycles. The number of hydrogen-bond donors (Lipinski definition) is 1. The molecule has 172 valence electrons. The van der Waals surface area contributed by atoms with Gasteiger partial charge >= 0.3 is 0 Å². The summed E-state index contributed by atoms with van der Waals surface area (Å²) >= 11 is 0. The Balaban J connectivity index is 1.18. The van der Waals surface area contributed by atoms with E-state index in [1.165, 1.54) is 4.31 Å². The molecular formula is C24H26N4O4S. The topological polar surface area (TPSA) is 93.8 Å². The third-order valence-electron chi connectivity index (χ3n) is 6.44. The number of H-pyrrole nitrogens is 1. The molecule has 0 spiro atoms. The minimum Gasteiger partial charge on any atom is -0.361 e. The predicted molar refractivity (Wildman–Crippen MR) is 127 cm³/mol. The minimum atomic E-state index is -3.24. The number of aromatic nitrogens is 1. The maximum Gasteiger partial charge on any atom is 0.253 e. The van der Waals surface area contributed by atoms with Gasteiger partial charge in [0.15, 0.2) is 0 Å². The lowest BCUT2D eigenvalue weighted by Crippen LogP contribution is -2.51. The fourth-order valence-electron chi connectivity index (χ4n) is 4.59. The van der Waals surface area contributed by atoms with Gasteiger partial charge in [-0.2, -0.15) is 0 Å². The number of fused-ring (bicyclic) bond motifs is 1. The van der Waals surface area contributed by atoms with Gasteiger partial charge in [-0.1, -0.05) is 18.2 Å². The van der Waals surface area contributed by atoms with Crippen LogP contribution in [-0.4, -0.2) is 73.5 Å². The predicted octanol–water partition coefficient (Wildman–Crippen LogP) is 2.23. The molecule has 2 amide bonds. The summed E-state index contributed by atoms with van der Waals surface area (Å²) in [4.78, 5) is 32.5. The Morgan fingerprint density at radius 3 is 2.27 bits per heavy atom. The normalized spacial score (nSPS) is 18.1. The fraction of sp³-hybridized carbons (Fsp3) is 0.333. The molecule has 0 atom stereocenters. The summed E-state index contributed by atoms with van der Waals surface area (Å²) in [5.41, 5.74) is 3.11. The Kier molecular flexibility index (Phi) is 5.57. The van der Waals surface area contributed by atoms with E-state index in [2.05, 4.69) is 4.98 Å². The van der Waals surface area contributed by atoms with Gasteiger partial charge in [0.25, 0.3) is 5.91 Å². The zero-order chi connectivity index (χ0) is 23.0. The number of piperazine rings is 1. The van der Waals surface area contributed by atoms with Crippen molar-refractivity contribution in [3.63, 3.8) is 0 Å². The van der Waals surface area contributed by atoms with Crippen molar-refractivity contribution in [3.8, 4) is 0 Å². The monoisotopic (exact) mass is 466 g/mol. The van der Waals surface area contributed by atoms with Gasteiger partial charge in [-0.05, 0) is 42.3 Å². The Bertz CT molecular complexity index is 1290. The summed E-state index contributed by atoms with van der Waals surface area (Å²) in [5, 5.41) is 1.06. The van der Waals surface area contributed by atoms with Crippen molar-refractivity contribution < 1.29 is 18.0 Å². The highest BCUT2D eigenvalue weighted by Crippen LogP contribution is 2.25. The van der Waals surface area contributed by atoms with Gasteiger partial charge in [-0.25, -0.2) is 8.42 Å². The van der Waals surface area contributed by atoms with E-state index >= 15 is 0 Å². The van der Waals surface area contributed by atoms with Crippen LogP contribution in [0.25, 0.3) is 10.9 Å². The van der Waals surface area contributed by atoms with E-state index in [0.717, 1.165) is 16.5 Å². The molecule has 8 nitrogen and oxygen atoms in total. The van der Waals surface area contributed by atoms with Gasteiger partial charge in [-0.15, -0.1) is 0 Å². The number of carbonyl (C=O) groups is 2. The number of nitrogens with one attached hydrogen (secondary N) is 1. The van der Waals surface area contributed by atoms with Crippen LogP contribution in [0.1, 0.15) is 22.3 Å². The Hall–Kier alpha value is -3.33. The number of aromatic amines is 1. The molecule has 2 aliphatic heterocycles. The lowest BCUT2D eigenvalue weighted by molar-refractivity contribution is -0.131. The SMILES string of the molecule is O=C(Cc1c[nH]c2ccccc12)N1CCN(C(=O)c2ccc(N3CCCS3(=O)=O)cc2)CC1. The number of rotatable bonds is 4. The van der Waals surface area contributed by atoms with Crippen LogP contribution in [0.5, 0.6) is 0 Å². The third kappa shape index (κ3) is 4.20. The maximum atomic E-state index is 12.9. The standard InChI is InChI=1S/C24H26N4O4S/c29-23(16-19-17-25-22-5-2-1-4-21(19)22)26-11-13-27(14-12-26)24(30)18-6-8-20(9-7-18)28-10-3-15-33(28,31)32/h1-2,4-9,17,25H,3,10-16H2. The molecule has 1 aromatic heterocycles. The molecule has 3 aromatic rings. The van der Waals surface area contributed by atoms with Crippen LogP contribution in [0, 0.1) is 0 Å². The van der Waals surface area contributed by atoms with Gasteiger partial charge in [0.1, 0.15) is 0 Å². The molecule has 2 aliphatic rings. The number of hydrogen-bond acceptors (Lipinski definition) is 4. The van der Waals surface area contributed by atoms with Crippen molar-refractivity contribution in [2.24, 2.45) is 0 Å². The zero-order valence-corrected chi connectivity index (χ0v) is 19.1. The lowest BCUT2D eigenvalue weighted by atomic mass is 10.1. The summed E-state index contributed by atoms with van der Waals surface area (Å²) in [5.74, 6) is 0.120. The number of nitrogens with zero attached hydrogens (tertiary/aromatic N) is 3. The molecule has 9 heteroatoms. The van der Waals surface area contributed by atoms with Gasteiger partial charge in [0.2, 0.25) is 15.9 Å². The molecule has 0 radical (unpaired) electrons. The minimum absolute atomic E-state index is 0.0584. The van der Waals surface area contributed by atoms with E-state index in [4.69, 9.17) is 0 Å². The van der Waals surface area contributed by atoms with Gasteiger partial charge in [0, 0.05) is 55.4 Å². The highest BCUT2D eigenvalue weighted by Gasteiger charge is 2.29. The number of para-hydroxylation sites is 1. The highest BCUT2D eigenvalue weighted by atomic mass is 32.2. The summed E-state index contributed by atoms with van der Waals surface area (Å²) in [6, 6.07) is 14.7. The average Bonchev–Trinajstić information content (AvgIpc) is 3.41. The van der Waals surface area contributed by atoms with Crippen LogP contribution in [0.15, 0.2) is 54.7 Å². The van der Waals surface area contributed by atoms with Crippen molar-refractivity contribution in [1.29, 1.82) is 0 Å². The quantitative estimate of drug-likeness (QED) is 0.638. The van der Waals surface area contributed by atoms with Crippen LogP contribution in [0.3, 0.4) is 0 Å². The third-order valence-corrected chi connectivity index (χ3v) is 8.31. The largest absolute Gasteiger partial charge is 0.361 e. The summed E-state index contributed by atoms with van der Waals surface area (Å²) in [6.45, 7) is 2.42. The Morgan fingerprint density at radius 2 is 1.58 bits per heavy atom. The molecule has 33 heavy (non-hydrogen) atoms. The molecule has 0 bridgehead atoms. The maximum absolute atomic E-state index is 12.9. The summed E-state index contributed by atoms with van der Waals surface area (Å²) in [7, 11) is -3.24. The van der Waals surface area contributed by atoms with E-state index in [9.17, 15) is 18.0 Å². The highest BCUT2D eigenvalue weighted by molar-refractivity contribution is 7.93. The molecule has 0 unspecified atom stereocenters. The molecule has 2 fully saturated rings. The van der Waals surface area contributed by atoms with Gasteiger partial charge in [0.05, 0.1) is 17.9 Å². The first-order valence-electron chi connectivity index (χ1n) is 11.1. The number of amides is 2. The molecular weight excluding hydrogens is 440 g/mol. The Labute approximate surface area is 192 Å². The van der Waals surface area contributed by atoms with E-state index in [1.807, 2.05) is 35.4 Å². The molecule has 0 saturated carbocycles. The second kappa shape index (κ2) is 8.55. The van der Waals surface area contributed by atoms with E-state index < -0.39 is 10.0 Å². The number of sulfonamides is 1. The van der Waals surface area contributed by atoms with Crippen LogP contribution >= 0.6 is 0 Å². The number of benzene rings is 2. The average molecular weight is 467 g/mol. The molecule has 5 rings (SSSR count). The van der Waals surface area contributed by atoms with E-state index in [1.54, 1.807) is 29.2 Å². The van der Waals surface area contributed by atoms with Crippen LogP contribution in [0.4, 0.5) is 5.69 Å². The van der Waals surface area contributed by atoms with Crippen LogP contribution in [0.2, 0.25) is 0 Å². The zero-order valence-electron chi connectivity index (χ0n) is 18.2. The fourth-order valence-corrected chi connectivity index (χ4v) is 6.16. The Morgan fingerprint density at radius 1 is 0.879 bits per heavy atom. The number of anilines is 1. The van der Waals surface area contributed by atoms with Crippen LogP contribution in [-0.2, 0) is 21.2 Å². The van der Waals surface area contributed by atoms with Gasteiger partial charge in [-0.3, -0.25) is 13.9 Å². The molecule has 3 heterocycles. The molecule has 0 aliphatic carbocycles. The number of carbonyl (C=O) groups excluding carboxylic acids is 2. The first-order valence-corrected chi connectivity index (χ1v) is 12.8. The van der Waals surface area contributed by atoms with Crippen molar-refractivity contribution >= 4 is 38.4 Å². The van der Waals surface area contributed by atoms with Gasteiger partial charge < -0.3 is 14.8 Å². The van der Waals surface area contributed by atoms with Crippen molar-refractivity contribution in [2.75, 3.05) is 42.8 Å². The van der Waals surface area contributed by atoms with Crippen LogP contribution < -0.4 is 4.31 Å². The first kappa shape index (κ1) is 21.5. The van der Waals surface area contributed by atoms with Crippen molar-refractivity contribution in [1.82, 2.24) is 14.8 Å². The lowest BCUT2D eigenvalue weighted by Gasteiger charge is -2.35. The van der Waals surface area contributed by atoms with Crippen molar-refractivity contribution in [3.05, 3.63) is 65.9 Å². The van der Waals surface area contributed by atoms with E-state index in [-0.39, 0.29) is 17.6 Å². The molecule has 2 saturated heterocycles. The van der Waals surface area contributed by atoms with Crippen molar-refractivity contribution in [2.45, 2.75) is 12.8 Å². The summed E-state index contributed by atoms with van der Waals surface area (Å²) in [6.07, 6.45) is 2.84. The van der Waals surface area contributed by atoms with E-state index in [0.29, 0.717) is 56.8 Å².